The minimum Gasteiger partial charge on any atom is -1.00 e. The van der Waals surface area contributed by atoms with Gasteiger partial charge >= 0.3 is 0 Å². The zero-order chi connectivity index (χ0) is 17.5. The highest BCUT2D eigenvalue weighted by Gasteiger charge is 2.11. The lowest BCUT2D eigenvalue weighted by Gasteiger charge is -2.19. The average Bonchev–Trinajstić information content (AvgIpc) is 2.64. The molecule has 0 unspecified atom stereocenters. The number of rotatable bonds is 8. The molecule has 0 bridgehead atoms. The Morgan fingerprint density at radius 2 is 1.59 bits per heavy atom. The zero-order valence-electron chi connectivity index (χ0n) is 15.7. The number of benzene rings is 2. The van der Waals surface area contributed by atoms with E-state index in [1.54, 1.807) is 0 Å². The molecule has 0 saturated heterocycles. The third-order valence-electron chi connectivity index (χ3n) is 4.00. The third-order valence-corrected chi connectivity index (χ3v) is 4.00. The largest absolute Gasteiger partial charge is 1.00 e. The average molecular weight is 413 g/mol. The molecule has 0 aliphatic carbocycles. The van der Waals surface area contributed by atoms with Crippen molar-refractivity contribution >= 4 is 0 Å². The van der Waals surface area contributed by atoms with Crippen molar-refractivity contribution < 1.29 is 39.0 Å². The molecule has 2 aromatic carbocycles. The Hall–Kier alpha value is -1.66. The molecule has 27 heavy (non-hydrogen) atoms. The summed E-state index contributed by atoms with van der Waals surface area (Å²) in [6.07, 6.45) is 0. The highest BCUT2D eigenvalue weighted by atomic mass is 35.5. The molecule has 5 nitrogen and oxygen atoms in total. The summed E-state index contributed by atoms with van der Waals surface area (Å²) >= 11 is 0. The fourth-order valence-electron chi connectivity index (χ4n) is 2.58. The molecular formula is C20H26Cl2N2O3-2. The van der Waals surface area contributed by atoms with Crippen LogP contribution >= 0.6 is 0 Å². The van der Waals surface area contributed by atoms with Crippen LogP contribution in [-0.4, -0.2) is 45.3 Å². The van der Waals surface area contributed by atoms with Crippen LogP contribution in [0, 0.1) is 0 Å². The van der Waals surface area contributed by atoms with E-state index in [-0.39, 0.29) is 24.8 Å². The van der Waals surface area contributed by atoms with Crippen molar-refractivity contribution in [2.45, 2.75) is 13.2 Å². The maximum atomic E-state index is 5.87. The Morgan fingerprint density at radius 3 is 2.30 bits per heavy atom. The molecule has 3 rings (SSSR count). The van der Waals surface area contributed by atoms with Gasteiger partial charge in [-0.1, -0.05) is 18.2 Å². The van der Waals surface area contributed by atoms with Crippen molar-refractivity contribution in [3.8, 4) is 17.2 Å². The van der Waals surface area contributed by atoms with Gasteiger partial charge in [-0.25, -0.2) is 0 Å². The summed E-state index contributed by atoms with van der Waals surface area (Å²) in [5.74, 6) is 2.47. The summed E-state index contributed by atoms with van der Waals surface area (Å²) in [4.78, 5) is 2.17. The van der Waals surface area contributed by atoms with Gasteiger partial charge in [0.1, 0.15) is 25.6 Å². The van der Waals surface area contributed by atoms with Gasteiger partial charge in [-0.05, 0) is 49.5 Å². The van der Waals surface area contributed by atoms with Crippen molar-refractivity contribution in [2.24, 2.45) is 0 Å². The van der Waals surface area contributed by atoms with E-state index < -0.39 is 0 Å². The molecule has 2 aromatic rings. The van der Waals surface area contributed by atoms with E-state index in [1.807, 2.05) is 30.3 Å². The Morgan fingerprint density at radius 1 is 0.926 bits per heavy atom. The van der Waals surface area contributed by atoms with Crippen LogP contribution in [0.15, 0.2) is 42.5 Å². The summed E-state index contributed by atoms with van der Waals surface area (Å²) in [7, 11) is 4.16. The van der Waals surface area contributed by atoms with Gasteiger partial charge in [-0.2, -0.15) is 0 Å². The molecule has 1 heterocycles. The summed E-state index contributed by atoms with van der Waals surface area (Å²) in [5.41, 5.74) is 2.32. The van der Waals surface area contributed by atoms with Crippen LogP contribution in [0.5, 0.6) is 17.2 Å². The Bertz CT molecular complexity index is 681. The van der Waals surface area contributed by atoms with Crippen LogP contribution in [0.25, 0.3) is 0 Å². The normalized spacial score (nSPS) is 12.1. The van der Waals surface area contributed by atoms with Gasteiger partial charge in [0.15, 0.2) is 11.5 Å². The molecule has 1 aliphatic heterocycles. The maximum absolute atomic E-state index is 5.87. The smallest absolute Gasteiger partial charge is 0.161 e. The van der Waals surface area contributed by atoms with E-state index >= 15 is 0 Å². The zero-order valence-corrected chi connectivity index (χ0v) is 17.2. The number of ether oxygens (including phenoxy) is 3. The lowest BCUT2D eigenvalue weighted by atomic mass is 10.2. The predicted octanol–water partition coefficient (Wildman–Crippen LogP) is -3.30. The number of hydrogen-bond donors (Lipinski definition) is 1. The van der Waals surface area contributed by atoms with Gasteiger partial charge in [0.05, 0.1) is 0 Å². The highest BCUT2D eigenvalue weighted by molar-refractivity contribution is 5.43. The number of nitrogens with one attached hydrogen (secondary N) is 1. The molecular weight excluding hydrogens is 387 g/mol. The first kappa shape index (κ1) is 23.4. The first-order valence-corrected chi connectivity index (χ1v) is 8.66. The number of nitrogens with zero attached hydrogens (tertiary/aromatic N) is 1. The van der Waals surface area contributed by atoms with Crippen LogP contribution in [0.3, 0.4) is 0 Å². The van der Waals surface area contributed by atoms with Crippen LogP contribution in [-0.2, 0) is 13.2 Å². The van der Waals surface area contributed by atoms with Gasteiger partial charge in [0.2, 0.25) is 0 Å². The quantitative estimate of drug-likeness (QED) is 0.460. The fourth-order valence-corrected chi connectivity index (χ4v) is 2.58. The summed E-state index contributed by atoms with van der Waals surface area (Å²) in [6, 6.07) is 14.2. The van der Waals surface area contributed by atoms with Crippen molar-refractivity contribution in [1.82, 2.24) is 10.2 Å². The summed E-state index contributed by atoms with van der Waals surface area (Å²) in [5, 5.41) is 3.43. The monoisotopic (exact) mass is 412 g/mol. The SMILES string of the molecule is CN(C)CCNCc1ccc(OCc2ccc3c(c2)OCCO3)cc1.[Cl-].[Cl-]. The van der Waals surface area contributed by atoms with E-state index in [0.717, 1.165) is 42.4 Å². The highest BCUT2D eigenvalue weighted by Crippen LogP contribution is 2.31. The van der Waals surface area contributed by atoms with Gasteiger partial charge in [0, 0.05) is 19.6 Å². The molecule has 0 aromatic heterocycles. The van der Waals surface area contributed by atoms with Crippen LogP contribution in [0.2, 0.25) is 0 Å². The molecule has 0 saturated carbocycles. The van der Waals surface area contributed by atoms with Gasteiger partial charge < -0.3 is 49.2 Å². The van der Waals surface area contributed by atoms with E-state index in [4.69, 9.17) is 14.2 Å². The minimum atomic E-state index is 0. The van der Waals surface area contributed by atoms with Crippen molar-refractivity contribution in [1.29, 1.82) is 0 Å². The van der Waals surface area contributed by atoms with Gasteiger partial charge in [-0.15, -0.1) is 0 Å². The number of likely N-dealkylation sites (N-methyl/N-ethyl adjacent to an activating group) is 1. The first-order chi connectivity index (χ1) is 12.2. The fraction of sp³-hybridized carbons (Fsp3) is 0.400. The predicted molar refractivity (Wildman–Crippen MR) is 98.5 cm³/mol. The van der Waals surface area contributed by atoms with Crippen LogP contribution in [0.4, 0.5) is 0 Å². The van der Waals surface area contributed by atoms with E-state index in [0.29, 0.717) is 19.8 Å². The lowest BCUT2D eigenvalue weighted by molar-refractivity contribution is -0.00100. The number of fused-ring (bicyclic) bond motifs is 1. The van der Waals surface area contributed by atoms with E-state index in [1.165, 1.54) is 5.56 Å². The van der Waals surface area contributed by atoms with Crippen LogP contribution in [0.1, 0.15) is 11.1 Å². The summed E-state index contributed by atoms with van der Waals surface area (Å²) < 4.78 is 17.0. The van der Waals surface area contributed by atoms with Crippen LogP contribution < -0.4 is 44.3 Å². The maximum Gasteiger partial charge on any atom is 0.161 e. The standard InChI is InChI=1S/C20H26N2O3.2ClH/c1-22(2)10-9-21-14-16-3-6-18(7-4-16)25-15-17-5-8-19-20(13-17)24-12-11-23-19;;/h3-8,13,21H,9-12,14-15H2,1-2H3;2*1H/p-2. The summed E-state index contributed by atoms with van der Waals surface area (Å²) in [6.45, 7) is 4.61. The molecule has 0 spiro atoms. The molecule has 0 fully saturated rings. The number of hydrogen-bond acceptors (Lipinski definition) is 5. The van der Waals surface area contributed by atoms with Crippen molar-refractivity contribution in [2.75, 3.05) is 40.4 Å². The van der Waals surface area contributed by atoms with Crippen molar-refractivity contribution in [3.05, 3.63) is 53.6 Å². The molecule has 0 atom stereocenters. The molecule has 0 radical (unpaired) electrons. The minimum absolute atomic E-state index is 0. The molecule has 0 amide bonds. The second-order valence-corrected chi connectivity index (χ2v) is 6.39. The topological polar surface area (TPSA) is 43.0 Å². The van der Waals surface area contributed by atoms with Gasteiger partial charge in [-0.3, -0.25) is 0 Å². The molecule has 7 heteroatoms. The Balaban J connectivity index is 0.00000182. The number of halogens is 2. The second-order valence-electron chi connectivity index (χ2n) is 6.39. The second kappa shape index (κ2) is 11.9. The Kier molecular flexibility index (Phi) is 10.3. The lowest BCUT2D eigenvalue weighted by Crippen LogP contribution is -3.00. The van der Waals surface area contributed by atoms with E-state index in [2.05, 4.69) is 36.4 Å². The molecule has 1 aliphatic rings. The molecule has 1 N–H and O–H groups in total. The van der Waals surface area contributed by atoms with Crippen molar-refractivity contribution in [3.63, 3.8) is 0 Å². The van der Waals surface area contributed by atoms with E-state index in [9.17, 15) is 0 Å². The first-order valence-electron chi connectivity index (χ1n) is 8.66. The third kappa shape index (κ3) is 7.46. The molecule has 150 valence electrons. The Labute approximate surface area is 173 Å². The van der Waals surface area contributed by atoms with Gasteiger partial charge in [0.25, 0.3) is 0 Å².